The van der Waals surface area contributed by atoms with E-state index in [0.29, 0.717) is 5.56 Å². The highest BCUT2D eigenvalue weighted by molar-refractivity contribution is 6.03. The number of hydrogen-bond donors (Lipinski definition) is 1. The van der Waals surface area contributed by atoms with E-state index < -0.39 is 4.92 Å². The van der Waals surface area contributed by atoms with Crippen LogP contribution in [0.1, 0.15) is 5.56 Å². The lowest BCUT2D eigenvalue weighted by Gasteiger charge is -2.05. The van der Waals surface area contributed by atoms with Crippen LogP contribution in [0.4, 0.5) is 11.4 Å². The number of aromatic hydroxyl groups is 1. The van der Waals surface area contributed by atoms with Gasteiger partial charge in [-0.05, 0) is 52.2 Å². The van der Waals surface area contributed by atoms with Crippen LogP contribution in [0, 0.1) is 10.1 Å². The Morgan fingerprint density at radius 2 is 1.46 bits per heavy atom. The molecule has 0 aliphatic rings. The van der Waals surface area contributed by atoms with Crippen molar-refractivity contribution in [3.8, 4) is 16.9 Å². The van der Waals surface area contributed by atoms with Gasteiger partial charge < -0.3 is 5.11 Å². The molecule has 0 spiro atoms. The van der Waals surface area contributed by atoms with Gasteiger partial charge in [-0.2, -0.15) is 0 Å². The van der Waals surface area contributed by atoms with E-state index in [2.05, 4.69) is 4.99 Å². The molecule has 5 nitrogen and oxygen atoms in total. The van der Waals surface area contributed by atoms with Crippen LogP contribution in [0.2, 0.25) is 0 Å². The molecule has 0 atom stereocenters. The minimum absolute atomic E-state index is 0.0693. The lowest BCUT2D eigenvalue weighted by molar-refractivity contribution is -0.384. The molecule has 0 fully saturated rings. The Bertz CT molecular complexity index is 1180. The fourth-order valence-corrected chi connectivity index (χ4v) is 3.07. The number of nitro benzene ring substituents is 1. The summed E-state index contributed by atoms with van der Waals surface area (Å²) in [6, 6.07) is 25.4. The minimum atomic E-state index is -0.412. The average molecular weight is 368 g/mol. The van der Waals surface area contributed by atoms with Gasteiger partial charge in [0, 0.05) is 23.9 Å². The maximum Gasteiger partial charge on any atom is 0.269 e. The number of nitrogens with zero attached hydrogens (tertiary/aromatic N) is 2. The van der Waals surface area contributed by atoms with Gasteiger partial charge in [0.1, 0.15) is 5.75 Å². The highest BCUT2D eigenvalue weighted by Gasteiger charge is 2.06. The molecule has 0 bridgehead atoms. The van der Waals surface area contributed by atoms with Gasteiger partial charge in [0.05, 0.1) is 10.6 Å². The molecule has 0 unspecified atom stereocenters. The summed E-state index contributed by atoms with van der Waals surface area (Å²) in [5.41, 5.74) is 3.34. The van der Waals surface area contributed by atoms with Crippen molar-refractivity contribution < 1.29 is 10.0 Å². The third-order valence-electron chi connectivity index (χ3n) is 4.57. The predicted molar refractivity (Wildman–Crippen MR) is 111 cm³/mol. The normalized spacial score (nSPS) is 11.1. The lowest BCUT2D eigenvalue weighted by atomic mass is 10.0. The highest BCUT2D eigenvalue weighted by Crippen LogP contribution is 2.27. The summed E-state index contributed by atoms with van der Waals surface area (Å²) < 4.78 is 0. The zero-order chi connectivity index (χ0) is 19.5. The molecule has 1 N–H and O–H groups in total. The molecule has 5 heteroatoms. The van der Waals surface area contributed by atoms with E-state index >= 15 is 0 Å². The fourth-order valence-electron chi connectivity index (χ4n) is 3.07. The number of non-ortho nitro benzene ring substituents is 1. The number of nitro groups is 1. The van der Waals surface area contributed by atoms with Crippen molar-refractivity contribution in [3.05, 3.63) is 101 Å². The molecule has 4 aromatic rings. The number of hydrogen-bond acceptors (Lipinski definition) is 4. The van der Waals surface area contributed by atoms with Crippen molar-refractivity contribution >= 4 is 28.4 Å². The van der Waals surface area contributed by atoms with Crippen molar-refractivity contribution in [2.45, 2.75) is 0 Å². The number of phenolic OH excluding ortho intramolecular Hbond substituents is 1. The number of phenols is 1. The smallest absolute Gasteiger partial charge is 0.269 e. The first kappa shape index (κ1) is 17.4. The third-order valence-corrected chi connectivity index (χ3v) is 4.57. The standard InChI is InChI=1S/C23H16N2O3/c26-23-14-9-18-3-1-2-4-21(18)22(23)15-24-19-10-5-16(6-11-19)17-7-12-20(13-8-17)25(27)28/h1-15,26H/b24-15+. The molecule has 0 aromatic heterocycles. The van der Waals surface area contributed by atoms with E-state index in [1.807, 2.05) is 54.6 Å². The summed E-state index contributed by atoms with van der Waals surface area (Å²) >= 11 is 0. The van der Waals surface area contributed by atoms with Crippen molar-refractivity contribution in [2.75, 3.05) is 0 Å². The monoisotopic (exact) mass is 368 g/mol. The zero-order valence-electron chi connectivity index (χ0n) is 14.8. The van der Waals surface area contributed by atoms with Crippen molar-refractivity contribution in [1.82, 2.24) is 0 Å². The van der Waals surface area contributed by atoms with E-state index in [9.17, 15) is 15.2 Å². The van der Waals surface area contributed by atoms with Crippen molar-refractivity contribution in [1.29, 1.82) is 0 Å². The molecular formula is C23H16N2O3. The Morgan fingerprint density at radius 1 is 0.821 bits per heavy atom. The molecule has 0 amide bonds. The van der Waals surface area contributed by atoms with E-state index in [1.165, 1.54) is 12.1 Å². The number of aliphatic imine (C=N–C) groups is 1. The Kier molecular flexibility index (Phi) is 4.56. The average Bonchev–Trinajstić information content (AvgIpc) is 2.73. The van der Waals surface area contributed by atoms with Crippen molar-refractivity contribution in [3.63, 3.8) is 0 Å². The molecule has 4 rings (SSSR count). The van der Waals surface area contributed by atoms with Gasteiger partial charge in [0.15, 0.2) is 0 Å². The lowest BCUT2D eigenvalue weighted by Crippen LogP contribution is -1.87. The Balaban J connectivity index is 1.60. The Morgan fingerprint density at radius 3 is 2.14 bits per heavy atom. The van der Waals surface area contributed by atoms with Crippen molar-refractivity contribution in [2.24, 2.45) is 4.99 Å². The van der Waals surface area contributed by atoms with Crippen LogP contribution in [0.3, 0.4) is 0 Å². The van der Waals surface area contributed by atoms with Crippen LogP contribution < -0.4 is 0 Å². The van der Waals surface area contributed by atoms with Gasteiger partial charge in [0.2, 0.25) is 0 Å². The number of fused-ring (bicyclic) bond motifs is 1. The summed E-state index contributed by atoms with van der Waals surface area (Å²) in [6.07, 6.45) is 1.67. The van der Waals surface area contributed by atoms with Gasteiger partial charge in [-0.25, -0.2) is 0 Å². The largest absolute Gasteiger partial charge is 0.507 e. The maximum absolute atomic E-state index is 10.8. The topological polar surface area (TPSA) is 75.7 Å². The number of rotatable bonds is 4. The predicted octanol–water partition coefficient (Wildman–Crippen LogP) is 5.87. The minimum Gasteiger partial charge on any atom is -0.507 e. The van der Waals surface area contributed by atoms with Crippen LogP contribution in [0.15, 0.2) is 89.9 Å². The first-order chi connectivity index (χ1) is 13.6. The fraction of sp³-hybridized carbons (Fsp3) is 0. The summed E-state index contributed by atoms with van der Waals surface area (Å²) in [7, 11) is 0. The third kappa shape index (κ3) is 3.46. The molecule has 0 aliphatic carbocycles. The van der Waals surface area contributed by atoms with E-state index in [-0.39, 0.29) is 11.4 Å². The molecule has 0 saturated heterocycles. The first-order valence-corrected chi connectivity index (χ1v) is 8.71. The second-order valence-electron chi connectivity index (χ2n) is 6.33. The van der Waals surface area contributed by atoms with Gasteiger partial charge in [-0.15, -0.1) is 0 Å². The highest BCUT2D eigenvalue weighted by atomic mass is 16.6. The molecule has 0 aliphatic heterocycles. The second-order valence-corrected chi connectivity index (χ2v) is 6.33. The summed E-state index contributed by atoms with van der Waals surface area (Å²) in [5, 5.41) is 22.9. The first-order valence-electron chi connectivity index (χ1n) is 8.71. The molecule has 4 aromatic carbocycles. The second kappa shape index (κ2) is 7.32. The molecule has 136 valence electrons. The summed E-state index contributed by atoms with van der Waals surface area (Å²) in [6.45, 7) is 0. The van der Waals surface area contributed by atoms with Crippen LogP contribution >= 0.6 is 0 Å². The summed E-state index contributed by atoms with van der Waals surface area (Å²) in [4.78, 5) is 14.8. The van der Waals surface area contributed by atoms with Crippen LogP contribution in [-0.4, -0.2) is 16.2 Å². The Labute approximate surface area is 161 Å². The van der Waals surface area contributed by atoms with E-state index in [0.717, 1.165) is 27.6 Å². The maximum atomic E-state index is 10.8. The molecule has 28 heavy (non-hydrogen) atoms. The van der Waals surface area contributed by atoms with Gasteiger partial charge in [-0.3, -0.25) is 15.1 Å². The van der Waals surface area contributed by atoms with Crippen LogP contribution in [-0.2, 0) is 0 Å². The Hall–Kier alpha value is -3.99. The van der Waals surface area contributed by atoms with Gasteiger partial charge in [0.25, 0.3) is 5.69 Å². The van der Waals surface area contributed by atoms with E-state index in [4.69, 9.17) is 0 Å². The van der Waals surface area contributed by atoms with Gasteiger partial charge in [-0.1, -0.05) is 42.5 Å². The van der Waals surface area contributed by atoms with Crippen LogP contribution in [0.25, 0.3) is 21.9 Å². The number of benzene rings is 4. The van der Waals surface area contributed by atoms with Crippen LogP contribution in [0.5, 0.6) is 5.75 Å². The summed E-state index contributed by atoms with van der Waals surface area (Å²) in [5.74, 6) is 0.185. The molecule has 0 heterocycles. The van der Waals surface area contributed by atoms with Gasteiger partial charge >= 0.3 is 0 Å². The zero-order valence-corrected chi connectivity index (χ0v) is 14.8. The SMILES string of the molecule is O=[N+]([O-])c1ccc(-c2ccc(/N=C/c3c(O)ccc4ccccc34)cc2)cc1. The molecule has 0 radical (unpaired) electrons. The molecule has 0 saturated carbocycles. The van der Waals surface area contributed by atoms with E-state index in [1.54, 1.807) is 24.4 Å². The quantitative estimate of drug-likeness (QED) is 0.278. The molecular weight excluding hydrogens is 352 g/mol.